The zero-order valence-electron chi connectivity index (χ0n) is 19.5. The molecular formula is C27H32FN3O2. The number of benzene rings is 2. The lowest BCUT2D eigenvalue weighted by Crippen LogP contribution is -2.35. The van der Waals surface area contributed by atoms with Crippen LogP contribution in [0.5, 0.6) is 0 Å². The number of carbonyl (C=O) groups excluding carboxylic acids is 1. The molecular weight excluding hydrogens is 417 g/mol. The molecule has 0 aliphatic carbocycles. The van der Waals surface area contributed by atoms with E-state index in [4.69, 9.17) is 5.21 Å². The second kappa shape index (κ2) is 9.49. The Morgan fingerprint density at radius 3 is 2.79 bits per heavy atom. The summed E-state index contributed by atoms with van der Waals surface area (Å²) in [6, 6.07) is 13.5. The number of hydrogen-bond donors (Lipinski definition) is 3. The first-order valence-electron chi connectivity index (χ1n) is 11.5. The van der Waals surface area contributed by atoms with Crippen molar-refractivity contribution in [3.8, 4) is 0 Å². The highest BCUT2D eigenvalue weighted by atomic mass is 19.1. The predicted molar refractivity (Wildman–Crippen MR) is 130 cm³/mol. The molecule has 1 aliphatic heterocycles. The van der Waals surface area contributed by atoms with Crippen LogP contribution in [0.4, 0.5) is 4.39 Å². The Bertz CT molecular complexity index is 1180. The summed E-state index contributed by atoms with van der Waals surface area (Å²) in [6.45, 7) is 9.13. The number of H-pyrrole nitrogens is 1. The lowest BCUT2D eigenvalue weighted by atomic mass is 9.81. The van der Waals surface area contributed by atoms with Crippen LogP contribution in [-0.2, 0) is 16.8 Å². The van der Waals surface area contributed by atoms with E-state index < -0.39 is 5.91 Å². The number of halogens is 1. The fraction of sp³-hybridized carbons (Fsp3) is 0.370. The van der Waals surface area contributed by atoms with Gasteiger partial charge in [0.1, 0.15) is 5.82 Å². The van der Waals surface area contributed by atoms with Crippen molar-refractivity contribution in [3.63, 3.8) is 0 Å². The summed E-state index contributed by atoms with van der Waals surface area (Å²) in [5.41, 5.74) is 6.65. The molecule has 0 spiro atoms. The Labute approximate surface area is 194 Å². The maximum atomic E-state index is 14.8. The van der Waals surface area contributed by atoms with Gasteiger partial charge in [-0.05, 0) is 54.6 Å². The molecule has 1 fully saturated rings. The molecule has 1 aliphatic rings. The van der Waals surface area contributed by atoms with Gasteiger partial charge in [-0.3, -0.25) is 14.9 Å². The number of aromatic nitrogens is 1. The maximum absolute atomic E-state index is 14.8. The lowest BCUT2D eigenvalue weighted by Gasteiger charge is -2.34. The number of rotatable bonds is 5. The molecule has 2 heterocycles. The normalized spacial score (nSPS) is 17.7. The van der Waals surface area contributed by atoms with E-state index >= 15 is 0 Å². The average molecular weight is 450 g/mol. The zero-order chi connectivity index (χ0) is 23.6. The molecule has 1 unspecified atom stereocenters. The quantitative estimate of drug-likeness (QED) is 0.274. The molecule has 33 heavy (non-hydrogen) atoms. The summed E-state index contributed by atoms with van der Waals surface area (Å²) in [6.07, 6.45) is 4.84. The van der Waals surface area contributed by atoms with Gasteiger partial charge in [-0.2, -0.15) is 0 Å². The van der Waals surface area contributed by atoms with E-state index in [1.54, 1.807) is 12.1 Å². The number of nitrogens with one attached hydrogen (secondary N) is 2. The van der Waals surface area contributed by atoms with Gasteiger partial charge in [0.15, 0.2) is 0 Å². The van der Waals surface area contributed by atoms with Crippen molar-refractivity contribution in [2.45, 2.75) is 51.5 Å². The third-order valence-electron chi connectivity index (χ3n) is 6.42. The highest BCUT2D eigenvalue weighted by Crippen LogP contribution is 2.39. The third-order valence-corrected chi connectivity index (χ3v) is 6.42. The van der Waals surface area contributed by atoms with E-state index in [2.05, 4.69) is 54.9 Å². The number of aromatic amines is 1. The second-order valence-electron chi connectivity index (χ2n) is 9.94. The molecule has 1 aromatic heterocycles. The van der Waals surface area contributed by atoms with Gasteiger partial charge >= 0.3 is 0 Å². The van der Waals surface area contributed by atoms with Gasteiger partial charge in [-0.1, -0.05) is 51.1 Å². The number of piperidine rings is 1. The average Bonchev–Trinajstić information content (AvgIpc) is 3.19. The topological polar surface area (TPSA) is 68.4 Å². The highest BCUT2D eigenvalue weighted by Gasteiger charge is 2.30. The Morgan fingerprint density at radius 2 is 2.06 bits per heavy atom. The summed E-state index contributed by atoms with van der Waals surface area (Å²) in [5, 5.41) is 9.87. The fourth-order valence-corrected chi connectivity index (χ4v) is 4.86. The molecule has 3 N–H and O–H groups in total. The van der Waals surface area contributed by atoms with Gasteiger partial charge in [0.05, 0.1) is 0 Å². The number of hydroxylamine groups is 1. The molecule has 0 saturated carbocycles. The smallest absolute Gasteiger partial charge is 0.267 e. The number of amides is 1. The largest absolute Gasteiger partial charge is 0.358 e. The van der Waals surface area contributed by atoms with E-state index in [0.717, 1.165) is 32.0 Å². The Balaban J connectivity index is 1.55. The number of nitrogens with zero attached hydrogens (tertiary/aromatic N) is 1. The number of para-hydroxylation sites is 1. The molecule has 3 aromatic rings. The highest BCUT2D eigenvalue weighted by molar-refractivity contribution is 5.90. The molecule has 0 bridgehead atoms. The Morgan fingerprint density at radius 1 is 1.27 bits per heavy atom. The van der Waals surface area contributed by atoms with Gasteiger partial charge in [-0.15, -0.1) is 0 Å². The Hall–Kier alpha value is -2.96. The fourth-order valence-electron chi connectivity index (χ4n) is 4.86. The monoisotopic (exact) mass is 449 g/mol. The SMILES string of the molecule is CC(C)(C)c1[nH]c2ccccc2c1C1CCCN(Cc2ccc(/C=C/C(=O)NO)cc2F)C1. The van der Waals surface area contributed by atoms with Crippen molar-refractivity contribution >= 4 is 22.9 Å². The first-order chi connectivity index (χ1) is 15.8. The van der Waals surface area contributed by atoms with Crippen molar-refractivity contribution in [2.75, 3.05) is 13.1 Å². The summed E-state index contributed by atoms with van der Waals surface area (Å²) >= 11 is 0. The maximum Gasteiger partial charge on any atom is 0.267 e. The summed E-state index contributed by atoms with van der Waals surface area (Å²) in [4.78, 5) is 17.2. The number of hydrogen-bond acceptors (Lipinski definition) is 3. The lowest BCUT2D eigenvalue weighted by molar-refractivity contribution is -0.124. The van der Waals surface area contributed by atoms with E-state index in [-0.39, 0.29) is 11.2 Å². The molecule has 4 rings (SSSR count). The van der Waals surface area contributed by atoms with Gasteiger partial charge in [0.2, 0.25) is 0 Å². The van der Waals surface area contributed by atoms with Crippen LogP contribution >= 0.6 is 0 Å². The van der Waals surface area contributed by atoms with Gasteiger partial charge in [0.25, 0.3) is 5.91 Å². The molecule has 1 amide bonds. The summed E-state index contributed by atoms with van der Waals surface area (Å²) < 4.78 is 14.8. The van der Waals surface area contributed by atoms with Gasteiger partial charge in [0, 0.05) is 46.7 Å². The molecule has 6 heteroatoms. The van der Waals surface area contributed by atoms with Crippen LogP contribution in [0.3, 0.4) is 0 Å². The van der Waals surface area contributed by atoms with Crippen LogP contribution < -0.4 is 5.48 Å². The predicted octanol–water partition coefficient (Wildman–Crippen LogP) is 5.50. The van der Waals surface area contributed by atoms with Crippen LogP contribution in [0.15, 0.2) is 48.5 Å². The Kier molecular flexibility index (Phi) is 6.68. The molecule has 174 valence electrons. The summed E-state index contributed by atoms with van der Waals surface area (Å²) in [5.74, 6) is -0.539. The van der Waals surface area contributed by atoms with E-state index in [9.17, 15) is 9.18 Å². The minimum Gasteiger partial charge on any atom is -0.358 e. The van der Waals surface area contributed by atoms with Crippen molar-refractivity contribution in [3.05, 3.63) is 76.7 Å². The van der Waals surface area contributed by atoms with Crippen LogP contribution in [0, 0.1) is 5.82 Å². The van der Waals surface area contributed by atoms with E-state index in [1.807, 2.05) is 0 Å². The van der Waals surface area contributed by atoms with E-state index in [1.165, 1.54) is 39.8 Å². The molecule has 1 saturated heterocycles. The van der Waals surface area contributed by atoms with Crippen LogP contribution in [0.1, 0.15) is 61.9 Å². The standard InChI is InChI=1S/C27H32FN3O2/c1-27(2,3)26-25(21-8-4-5-9-23(21)29-26)20-7-6-14-31(17-20)16-19-12-10-18(15-22(19)28)11-13-24(32)30-33/h4-5,8-13,15,20,29,33H,6-7,14,16-17H2,1-3H3,(H,30,32)/b13-11+. The number of carbonyl (C=O) groups is 1. The van der Waals surface area contributed by atoms with Crippen LogP contribution in [0.2, 0.25) is 0 Å². The van der Waals surface area contributed by atoms with Crippen LogP contribution in [0.25, 0.3) is 17.0 Å². The number of likely N-dealkylation sites (tertiary alicyclic amines) is 1. The summed E-state index contributed by atoms with van der Waals surface area (Å²) in [7, 11) is 0. The van der Waals surface area contributed by atoms with Crippen molar-refractivity contribution in [2.24, 2.45) is 0 Å². The van der Waals surface area contributed by atoms with Crippen molar-refractivity contribution in [1.82, 2.24) is 15.4 Å². The number of fused-ring (bicyclic) bond motifs is 1. The second-order valence-corrected chi connectivity index (χ2v) is 9.94. The molecule has 0 radical (unpaired) electrons. The minimum atomic E-state index is -0.647. The van der Waals surface area contributed by atoms with E-state index in [0.29, 0.717) is 23.6 Å². The van der Waals surface area contributed by atoms with Gasteiger partial charge < -0.3 is 4.98 Å². The van der Waals surface area contributed by atoms with Crippen LogP contribution in [-0.4, -0.2) is 34.1 Å². The first-order valence-corrected chi connectivity index (χ1v) is 11.5. The third kappa shape index (κ3) is 5.18. The van der Waals surface area contributed by atoms with Crippen molar-refractivity contribution in [1.29, 1.82) is 0 Å². The molecule has 5 nitrogen and oxygen atoms in total. The minimum absolute atomic E-state index is 0.0129. The molecule has 1 atom stereocenters. The van der Waals surface area contributed by atoms with Crippen molar-refractivity contribution < 1.29 is 14.4 Å². The van der Waals surface area contributed by atoms with Gasteiger partial charge in [-0.25, -0.2) is 9.87 Å². The first kappa shape index (κ1) is 23.2. The molecule has 2 aromatic carbocycles. The zero-order valence-corrected chi connectivity index (χ0v) is 19.5.